The molecule has 0 bridgehead atoms. The second kappa shape index (κ2) is 7.07. The largest absolute Gasteiger partial charge is 0.322 e. The summed E-state index contributed by atoms with van der Waals surface area (Å²) < 4.78 is 13.2. The van der Waals surface area contributed by atoms with E-state index in [0.29, 0.717) is 13.1 Å². The molecule has 0 atom stereocenters. The molecular weight excluding hydrogens is 279 g/mol. The molecule has 0 aliphatic carbocycles. The summed E-state index contributed by atoms with van der Waals surface area (Å²) in [6.07, 6.45) is 0. The summed E-state index contributed by atoms with van der Waals surface area (Å²) in [4.78, 5) is 14.1. The number of aryl methyl sites for hydroxylation is 1. The molecule has 0 fully saturated rings. The standard InChI is InChI=1S/C18H21FN2O/c1-4-21(12-15-8-6-9-16(19)11-15)18(22)20-17-10-5-7-13(2)14(17)3/h5-11H,4,12H2,1-3H3,(H,20,22). The highest BCUT2D eigenvalue weighted by Gasteiger charge is 2.14. The second-order valence-corrected chi connectivity index (χ2v) is 5.32. The van der Waals surface area contributed by atoms with Gasteiger partial charge in [-0.1, -0.05) is 24.3 Å². The van der Waals surface area contributed by atoms with Crippen molar-refractivity contribution in [3.63, 3.8) is 0 Å². The number of amides is 2. The normalized spacial score (nSPS) is 10.4. The molecule has 2 amide bonds. The average molecular weight is 300 g/mol. The lowest BCUT2D eigenvalue weighted by Crippen LogP contribution is -2.34. The smallest absolute Gasteiger partial charge is 0.320 e. The van der Waals surface area contributed by atoms with Gasteiger partial charge in [-0.05, 0) is 55.7 Å². The van der Waals surface area contributed by atoms with Crippen molar-refractivity contribution in [3.8, 4) is 0 Å². The van der Waals surface area contributed by atoms with Crippen molar-refractivity contribution < 1.29 is 9.18 Å². The minimum atomic E-state index is -0.288. The number of halogens is 1. The average Bonchev–Trinajstić information content (AvgIpc) is 2.49. The van der Waals surface area contributed by atoms with Crippen molar-refractivity contribution in [1.82, 2.24) is 4.90 Å². The maximum atomic E-state index is 13.2. The lowest BCUT2D eigenvalue weighted by Gasteiger charge is -2.22. The highest BCUT2D eigenvalue weighted by atomic mass is 19.1. The number of carbonyl (C=O) groups excluding carboxylic acids is 1. The van der Waals surface area contributed by atoms with E-state index >= 15 is 0 Å². The highest BCUT2D eigenvalue weighted by Crippen LogP contribution is 2.19. The third kappa shape index (κ3) is 3.85. The third-order valence-corrected chi connectivity index (χ3v) is 3.78. The second-order valence-electron chi connectivity index (χ2n) is 5.32. The monoisotopic (exact) mass is 300 g/mol. The number of urea groups is 1. The maximum Gasteiger partial charge on any atom is 0.322 e. The molecule has 0 radical (unpaired) electrons. The van der Waals surface area contributed by atoms with Crippen LogP contribution < -0.4 is 5.32 Å². The Hall–Kier alpha value is -2.36. The Morgan fingerprint density at radius 2 is 1.91 bits per heavy atom. The molecule has 22 heavy (non-hydrogen) atoms. The van der Waals surface area contributed by atoms with Crippen LogP contribution in [0.5, 0.6) is 0 Å². The Morgan fingerprint density at radius 3 is 2.59 bits per heavy atom. The van der Waals surface area contributed by atoms with Gasteiger partial charge in [-0.2, -0.15) is 0 Å². The number of anilines is 1. The predicted molar refractivity (Wildman–Crippen MR) is 87.4 cm³/mol. The molecule has 116 valence electrons. The molecule has 0 aromatic heterocycles. The van der Waals surface area contributed by atoms with Crippen molar-refractivity contribution in [3.05, 3.63) is 65.0 Å². The number of nitrogens with one attached hydrogen (secondary N) is 1. The number of carbonyl (C=O) groups is 1. The summed E-state index contributed by atoms with van der Waals surface area (Å²) in [5.74, 6) is -0.288. The Morgan fingerprint density at radius 1 is 1.18 bits per heavy atom. The van der Waals surface area contributed by atoms with Crippen LogP contribution in [-0.4, -0.2) is 17.5 Å². The SMILES string of the molecule is CCN(Cc1cccc(F)c1)C(=O)Nc1cccc(C)c1C. The van der Waals surface area contributed by atoms with Crippen molar-refractivity contribution in [1.29, 1.82) is 0 Å². The Kier molecular flexibility index (Phi) is 5.15. The first-order valence-electron chi connectivity index (χ1n) is 7.38. The summed E-state index contributed by atoms with van der Waals surface area (Å²) in [5, 5.41) is 2.93. The van der Waals surface area contributed by atoms with Crippen molar-refractivity contribution >= 4 is 11.7 Å². The molecular formula is C18H21FN2O. The zero-order valence-corrected chi connectivity index (χ0v) is 13.2. The van der Waals surface area contributed by atoms with Gasteiger partial charge in [0.15, 0.2) is 0 Å². The van der Waals surface area contributed by atoms with E-state index in [1.807, 2.05) is 45.0 Å². The first kappa shape index (κ1) is 16.0. The van der Waals surface area contributed by atoms with E-state index < -0.39 is 0 Å². The molecule has 0 saturated carbocycles. The summed E-state index contributed by atoms with van der Waals surface area (Å²) in [6.45, 7) is 6.82. The van der Waals surface area contributed by atoms with Crippen LogP contribution >= 0.6 is 0 Å². The van der Waals surface area contributed by atoms with Gasteiger partial charge < -0.3 is 10.2 Å². The predicted octanol–water partition coefficient (Wildman–Crippen LogP) is 4.50. The number of hydrogen-bond donors (Lipinski definition) is 1. The topological polar surface area (TPSA) is 32.3 Å². The number of hydrogen-bond acceptors (Lipinski definition) is 1. The fourth-order valence-electron chi connectivity index (χ4n) is 2.26. The van der Waals surface area contributed by atoms with Crippen LogP contribution in [0.15, 0.2) is 42.5 Å². The first-order chi connectivity index (χ1) is 10.5. The van der Waals surface area contributed by atoms with E-state index in [-0.39, 0.29) is 11.8 Å². The summed E-state index contributed by atoms with van der Waals surface area (Å²) in [6, 6.07) is 12.0. The Balaban J connectivity index is 2.10. The fourth-order valence-corrected chi connectivity index (χ4v) is 2.26. The molecule has 1 N–H and O–H groups in total. The molecule has 0 aliphatic rings. The van der Waals surface area contributed by atoms with Crippen LogP contribution in [0.3, 0.4) is 0 Å². The summed E-state index contributed by atoms with van der Waals surface area (Å²) >= 11 is 0. The Bertz CT molecular complexity index is 670. The van der Waals surface area contributed by atoms with Crippen LogP contribution in [0.4, 0.5) is 14.9 Å². The van der Waals surface area contributed by atoms with Crippen LogP contribution in [0.1, 0.15) is 23.6 Å². The van der Waals surface area contributed by atoms with Gasteiger partial charge in [0.2, 0.25) is 0 Å². The van der Waals surface area contributed by atoms with E-state index in [1.165, 1.54) is 12.1 Å². The molecule has 0 unspecified atom stereocenters. The van der Waals surface area contributed by atoms with Gasteiger partial charge in [-0.3, -0.25) is 0 Å². The van der Waals surface area contributed by atoms with Crippen molar-refractivity contribution in [2.45, 2.75) is 27.3 Å². The van der Waals surface area contributed by atoms with Crippen molar-refractivity contribution in [2.75, 3.05) is 11.9 Å². The summed E-state index contributed by atoms with van der Waals surface area (Å²) in [7, 11) is 0. The van der Waals surface area contributed by atoms with Gasteiger partial charge in [-0.25, -0.2) is 9.18 Å². The molecule has 0 aliphatic heterocycles. The van der Waals surface area contributed by atoms with E-state index in [4.69, 9.17) is 0 Å². The minimum absolute atomic E-state index is 0.180. The zero-order valence-electron chi connectivity index (χ0n) is 13.2. The molecule has 2 rings (SSSR count). The van der Waals surface area contributed by atoms with Crippen molar-refractivity contribution in [2.24, 2.45) is 0 Å². The molecule has 0 heterocycles. The lowest BCUT2D eigenvalue weighted by atomic mass is 10.1. The fraction of sp³-hybridized carbons (Fsp3) is 0.278. The molecule has 0 spiro atoms. The number of benzene rings is 2. The Labute approximate surface area is 130 Å². The van der Waals surface area contributed by atoms with E-state index in [1.54, 1.807) is 11.0 Å². The van der Waals surface area contributed by atoms with Gasteiger partial charge in [0.25, 0.3) is 0 Å². The molecule has 4 heteroatoms. The van der Waals surface area contributed by atoms with Gasteiger partial charge in [0, 0.05) is 18.8 Å². The molecule has 2 aromatic carbocycles. The highest BCUT2D eigenvalue weighted by molar-refractivity contribution is 5.90. The van der Waals surface area contributed by atoms with E-state index in [0.717, 1.165) is 22.4 Å². The number of rotatable bonds is 4. The van der Waals surface area contributed by atoms with Gasteiger partial charge in [-0.15, -0.1) is 0 Å². The van der Waals surface area contributed by atoms with Crippen LogP contribution in [0.2, 0.25) is 0 Å². The molecule has 3 nitrogen and oxygen atoms in total. The molecule has 0 saturated heterocycles. The van der Waals surface area contributed by atoms with E-state index in [2.05, 4.69) is 5.32 Å². The van der Waals surface area contributed by atoms with E-state index in [9.17, 15) is 9.18 Å². The van der Waals surface area contributed by atoms with Crippen LogP contribution in [0, 0.1) is 19.7 Å². The quantitative estimate of drug-likeness (QED) is 0.886. The van der Waals surface area contributed by atoms with Crippen LogP contribution in [-0.2, 0) is 6.54 Å². The van der Waals surface area contributed by atoms with Crippen LogP contribution in [0.25, 0.3) is 0 Å². The lowest BCUT2D eigenvalue weighted by molar-refractivity contribution is 0.212. The number of nitrogens with zero attached hydrogens (tertiary/aromatic N) is 1. The summed E-state index contributed by atoms with van der Waals surface area (Å²) in [5.41, 5.74) is 3.77. The zero-order chi connectivity index (χ0) is 16.1. The van der Waals surface area contributed by atoms with Gasteiger partial charge in [0.05, 0.1) is 0 Å². The van der Waals surface area contributed by atoms with Gasteiger partial charge >= 0.3 is 6.03 Å². The molecule has 2 aromatic rings. The minimum Gasteiger partial charge on any atom is -0.320 e. The van der Waals surface area contributed by atoms with Gasteiger partial charge in [0.1, 0.15) is 5.82 Å². The third-order valence-electron chi connectivity index (χ3n) is 3.78. The maximum absolute atomic E-state index is 13.2. The first-order valence-corrected chi connectivity index (χ1v) is 7.38.